The van der Waals surface area contributed by atoms with Gasteiger partial charge in [-0.05, 0) is 39.1 Å². The van der Waals surface area contributed by atoms with Crippen molar-refractivity contribution in [1.29, 1.82) is 0 Å². The minimum absolute atomic E-state index is 0. The maximum absolute atomic E-state index is 14.0. The molecule has 0 aliphatic carbocycles. The fourth-order valence-electron chi connectivity index (χ4n) is 2.70. The van der Waals surface area contributed by atoms with Gasteiger partial charge < -0.3 is 20.7 Å². The van der Waals surface area contributed by atoms with E-state index >= 15 is 0 Å². The van der Waals surface area contributed by atoms with E-state index in [1.807, 2.05) is 0 Å². The Bertz CT molecular complexity index is 550. The minimum Gasteiger partial charge on any atom is -0.381 e. The first kappa shape index (κ1) is 24.0. The van der Waals surface area contributed by atoms with Crippen LogP contribution in [0.15, 0.2) is 18.2 Å². The average Bonchev–Trinajstić information content (AvgIpc) is 2.50. The Labute approximate surface area is 159 Å². The van der Waals surface area contributed by atoms with Crippen LogP contribution in [0.4, 0.5) is 8.78 Å². The first-order chi connectivity index (χ1) is 10.8. The van der Waals surface area contributed by atoms with Gasteiger partial charge >= 0.3 is 0 Å². The standard InChI is InChI=1S/C16H23F2N3O2.2ClH/c1-21(2)13(14-11(17)4-3-5-12(14)18)10-20-15(22)16(19)6-8-23-9-7-16;;/h3-5,13H,6-10,19H2,1-2H3,(H,20,22);2*1H. The third-order valence-electron chi connectivity index (χ3n) is 4.25. The van der Waals surface area contributed by atoms with Crippen molar-refractivity contribution in [1.82, 2.24) is 10.2 Å². The molecule has 1 aromatic carbocycles. The predicted molar refractivity (Wildman–Crippen MR) is 97.3 cm³/mol. The second kappa shape index (κ2) is 10.2. The van der Waals surface area contributed by atoms with Gasteiger partial charge in [0.2, 0.25) is 5.91 Å². The van der Waals surface area contributed by atoms with Crippen molar-refractivity contribution in [3.05, 3.63) is 35.4 Å². The lowest BCUT2D eigenvalue weighted by Crippen LogP contribution is -2.57. The molecule has 1 aromatic rings. The van der Waals surface area contributed by atoms with Crippen molar-refractivity contribution in [2.75, 3.05) is 33.9 Å². The van der Waals surface area contributed by atoms with Crippen LogP contribution < -0.4 is 11.1 Å². The van der Waals surface area contributed by atoms with Crippen LogP contribution in [0, 0.1) is 11.6 Å². The van der Waals surface area contributed by atoms with Gasteiger partial charge in [-0.2, -0.15) is 0 Å². The molecule has 5 nitrogen and oxygen atoms in total. The van der Waals surface area contributed by atoms with E-state index in [0.717, 1.165) is 0 Å². The van der Waals surface area contributed by atoms with Gasteiger partial charge in [-0.1, -0.05) is 6.07 Å². The van der Waals surface area contributed by atoms with E-state index < -0.39 is 23.2 Å². The quantitative estimate of drug-likeness (QED) is 0.794. The van der Waals surface area contributed by atoms with E-state index in [2.05, 4.69) is 5.32 Å². The first-order valence-electron chi connectivity index (χ1n) is 7.60. The van der Waals surface area contributed by atoms with Gasteiger partial charge in [0.25, 0.3) is 0 Å². The van der Waals surface area contributed by atoms with Gasteiger partial charge in [0.15, 0.2) is 0 Å². The summed E-state index contributed by atoms with van der Waals surface area (Å²) in [5.74, 6) is -1.58. The van der Waals surface area contributed by atoms with E-state index in [1.165, 1.54) is 18.2 Å². The Balaban J connectivity index is 0.00000288. The topological polar surface area (TPSA) is 67.6 Å². The summed E-state index contributed by atoms with van der Waals surface area (Å²) in [4.78, 5) is 14.0. The molecule has 1 heterocycles. The molecule has 9 heteroatoms. The normalized spacial score (nSPS) is 17.2. The van der Waals surface area contributed by atoms with Gasteiger partial charge in [-0.25, -0.2) is 8.78 Å². The summed E-state index contributed by atoms with van der Waals surface area (Å²) in [5.41, 5.74) is 5.07. The summed E-state index contributed by atoms with van der Waals surface area (Å²) in [6.07, 6.45) is 0.860. The molecule has 25 heavy (non-hydrogen) atoms. The molecule has 1 unspecified atom stereocenters. The van der Waals surface area contributed by atoms with Crippen molar-refractivity contribution >= 4 is 30.7 Å². The zero-order chi connectivity index (χ0) is 17.0. The molecule has 1 aliphatic rings. The lowest BCUT2D eigenvalue weighted by molar-refractivity contribution is -0.130. The Morgan fingerprint density at radius 2 is 1.80 bits per heavy atom. The number of carbonyl (C=O) groups excluding carboxylic acids is 1. The Morgan fingerprint density at radius 3 is 2.28 bits per heavy atom. The predicted octanol–water partition coefficient (Wildman–Crippen LogP) is 2.04. The number of rotatable bonds is 5. The average molecular weight is 400 g/mol. The van der Waals surface area contributed by atoms with Crippen LogP contribution in [-0.2, 0) is 9.53 Å². The minimum atomic E-state index is -0.983. The largest absolute Gasteiger partial charge is 0.381 e. The van der Waals surface area contributed by atoms with Crippen LogP contribution in [0.5, 0.6) is 0 Å². The summed E-state index contributed by atoms with van der Waals surface area (Å²) >= 11 is 0. The number of hydrogen-bond acceptors (Lipinski definition) is 4. The molecule has 0 bridgehead atoms. The molecule has 1 atom stereocenters. The number of likely N-dealkylation sites (N-methyl/N-ethyl adjacent to an activating group) is 1. The van der Waals surface area contributed by atoms with Crippen LogP contribution in [-0.4, -0.2) is 50.2 Å². The molecular formula is C16H25Cl2F2N3O2. The van der Waals surface area contributed by atoms with Crippen LogP contribution in [0.1, 0.15) is 24.4 Å². The first-order valence-corrected chi connectivity index (χ1v) is 7.60. The zero-order valence-electron chi connectivity index (χ0n) is 14.3. The summed E-state index contributed by atoms with van der Waals surface area (Å²) in [6, 6.07) is 3.11. The van der Waals surface area contributed by atoms with E-state index in [4.69, 9.17) is 10.5 Å². The Morgan fingerprint density at radius 1 is 1.28 bits per heavy atom. The van der Waals surface area contributed by atoms with E-state index in [0.29, 0.717) is 26.1 Å². The van der Waals surface area contributed by atoms with Crippen molar-refractivity contribution in [3.8, 4) is 0 Å². The number of hydrogen-bond donors (Lipinski definition) is 2. The zero-order valence-corrected chi connectivity index (χ0v) is 15.9. The molecule has 0 radical (unpaired) electrons. The summed E-state index contributed by atoms with van der Waals surface area (Å²) < 4.78 is 33.2. The fraction of sp³-hybridized carbons (Fsp3) is 0.562. The summed E-state index contributed by atoms with van der Waals surface area (Å²) in [5, 5.41) is 2.73. The SMILES string of the molecule is CN(C)C(CNC(=O)C1(N)CCOCC1)c1c(F)cccc1F.Cl.Cl. The van der Waals surface area contributed by atoms with Crippen LogP contribution in [0.25, 0.3) is 0 Å². The number of nitrogens with one attached hydrogen (secondary N) is 1. The van der Waals surface area contributed by atoms with Crippen molar-refractivity contribution in [3.63, 3.8) is 0 Å². The monoisotopic (exact) mass is 399 g/mol. The molecule has 1 aliphatic heterocycles. The highest BCUT2D eigenvalue weighted by Crippen LogP contribution is 2.24. The molecule has 3 N–H and O–H groups in total. The molecule has 1 saturated heterocycles. The third kappa shape index (κ3) is 5.76. The second-order valence-electron chi connectivity index (χ2n) is 6.09. The molecule has 0 spiro atoms. The molecule has 1 fully saturated rings. The maximum Gasteiger partial charge on any atom is 0.240 e. The van der Waals surface area contributed by atoms with Crippen LogP contribution in [0.2, 0.25) is 0 Å². The number of nitrogens with zero attached hydrogens (tertiary/aromatic N) is 1. The highest BCUT2D eigenvalue weighted by Gasteiger charge is 2.36. The Kier molecular flexibility index (Phi) is 9.82. The highest BCUT2D eigenvalue weighted by molar-refractivity contribution is 5.86. The molecule has 0 aromatic heterocycles. The fourth-order valence-corrected chi connectivity index (χ4v) is 2.70. The Hall–Kier alpha value is -0.990. The lowest BCUT2D eigenvalue weighted by Gasteiger charge is -2.33. The van der Waals surface area contributed by atoms with Crippen molar-refractivity contribution in [2.24, 2.45) is 5.73 Å². The number of carbonyl (C=O) groups is 1. The third-order valence-corrected chi connectivity index (χ3v) is 4.25. The summed E-state index contributed by atoms with van der Waals surface area (Å²) in [6.45, 7) is 0.940. The van der Waals surface area contributed by atoms with Gasteiger partial charge in [0.05, 0.1) is 11.6 Å². The number of nitrogens with two attached hydrogens (primary N) is 1. The number of ether oxygens (including phenoxy) is 1. The van der Waals surface area contributed by atoms with Gasteiger partial charge in [-0.15, -0.1) is 24.8 Å². The van der Waals surface area contributed by atoms with Gasteiger partial charge in [0.1, 0.15) is 11.6 Å². The molecule has 0 saturated carbocycles. The molecule has 144 valence electrons. The van der Waals surface area contributed by atoms with E-state index in [9.17, 15) is 13.6 Å². The van der Waals surface area contributed by atoms with Crippen LogP contribution in [0.3, 0.4) is 0 Å². The number of halogens is 4. The summed E-state index contributed by atoms with van der Waals surface area (Å²) in [7, 11) is 3.41. The van der Waals surface area contributed by atoms with Crippen molar-refractivity contribution < 1.29 is 18.3 Å². The van der Waals surface area contributed by atoms with E-state index in [1.54, 1.807) is 19.0 Å². The second-order valence-corrected chi connectivity index (χ2v) is 6.09. The maximum atomic E-state index is 14.0. The molecule has 2 rings (SSSR count). The highest BCUT2D eigenvalue weighted by atomic mass is 35.5. The molecular weight excluding hydrogens is 375 g/mol. The van der Waals surface area contributed by atoms with Crippen LogP contribution >= 0.6 is 24.8 Å². The number of amides is 1. The van der Waals surface area contributed by atoms with Gasteiger partial charge in [-0.3, -0.25) is 4.79 Å². The number of benzene rings is 1. The van der Waals surface area contributed by atoms with Crippen molar-refractivity contribution in [2.45, 2.75) is 24.4 Å². The lowest BCUT2D eigenvalue weighted by atomic mass is 9.90. The van der Waals surface area contributed by atoms with E-state index in [-0.39, 0.29) is 42.8 Å². The van der Waals surface area contributed by atoms with Gasteiger partial charge in [0, 0.05) is 25.3 Å². The molecule has 1 amide bonds. The smallest absolute Gasteiger partial charge is 0.240 e.